The highest BCUT2D eigenvalue weighted by Gasteiger charge is 2.21. The van der Waals surface area contributed by atoms with E-state index in [-0.39, 0.29) is 36.7 Å². The molecular weight excluding hydrogens is 527 g/mol. The van der Waals surface area contributed by atoms with Crippen molar-refractivity contribution < 1.29 is 14.3 Å². The molecule has 1 aromatic heterocycles. The van der Waals surface area contributed by atoms with Gasteiger partial charge in [-0.25, -0.2) is 4.98 Å². The molecule has 0 saturated carbocycles. The first-order valence-corrected chi connectivity index (χ1v) is 12.9. The molecule has 1 fully saturated rings. The Morgan fingerprint density at radius 1 is 1.33 bits per heavy atom. The molecule has 3 rings (SSSR count). The Morgan fingerprint density at radius 3 is 2.91 bits per heavy atom. The maximum Gasteiger partial charge on any atom is 0.223 e. The molecule has 1 atom stereocenters. The Bertz CT molecular complexity index is 932. The summed E-state index contributed by atoms with van der Waals surface area (Å²) in [6, 6.07) is 5.67. The smallest absolute Gasteiger partial charge is 0.223 e. The van der Waals surface area contributed by atoms with Gasteiger partial charge in [0.05, 0.1) is 34.9 Å². The van der Waals surface area contributed by atoms with Crippen LogP contribution in [0.15, 0.2) is 27.9 Å². The van der Waals surface area contributed by atoms with Gasteiger partial charge >= 0.3 is 0 Å². The van der Waals surface area contributed by atoms with Gasteiger partial charge in [0.2, 0.25) is 11.8 Å². The molecule has 0 radical (unpaired) electrons. The third-order valence-corrected chi connectivity index (χ3v) is 7.69. The van der Waals surface area contributed by atoms with E-state index in [0.29, 0.717) is 35.3 Å². The van der Waals surface area contributed by atoms with E-state index in [1.807, 2.05) is 23.6 Å². The SMILES string of the molecule is Cl.NC(=O)Cc1csc(SCCCC(=O)NC[C@H]2CN(Cc3ccc(Cl)c(Cl)c3)CCO2)n1. The Kier molecular flexibility index (Phi) is 12.3. The Morgan fingerprint density at radius 2 is 2.15 bits per heavy atom. The maximum absolute atomic E-state index is 12.2. The molecule has 0 spiro atoms. The standard InChI is InChI=1S/C21H26Cl2N4O3S2.ClH/c22-17-4-3-14(8-18(17)23)11-27-5-6-30-16(12-27)10-25-20(29)2-1-7-31-21-26-15(13-32-21)9-19(24)28;/h3-4,8,13,16H,1-2,5-7,9-12H2,(H2,24,28)(H,25,29);1H/t16-;/m0./s1. The first-order valence-electron chi connectivity index (χ1n) is 10.3. The molecule has 1 aliphatic heterocycles. The van der Waals surface area contributed by atoms with E-state index in [9.17, 15) is 9.59 Å². The number of thiazole rings is 1. The fourth-order valence-corrected chi connectivity index (χ4v) is 5.44. The number of benzene rings is 1. The van der Waals surface area contributed by atoms with Crippen LogP contribution in [0.5, 0.6) is 0 Å². The van der Waals surface area contributed by atoms with Gasteiger partial charge in [-0.15, -0.1) is 23.7 Å². The van der Waals surface area contributed by atoms with Gasteiger partial charge in [0, 0.05) is 43.7 Å². The third-order valence-electron chi connectivity index (χ3n) is 4.80. The average Bonchev–Trinajstić information content (AvgIpc) is 3.19. The molecule has 0 unspecified atom stereocenters. The molecule has 3 N–H and O–H groups in total. The summed E-state index contributed by atoms with van der Waals surface area (Å²) in [4.78, 5) is 29.8. The van der Waals surface area contributed by atoms with E-state index in [2.05, 4.69) is 15.2 Å². The average molecular weight is 554 g/mol. The number of ether oxygens (including phenoxy) is 1. The van der Waals surface area contributed by atoms with Crippen LogP contribution in [0.2, 0.25) is 10.0 Å². The fraction of sp³-hybridized carbons (Fsp3) is 0.476. The van der Waals surface area contributed by atoms with Crippen molar-refractivity contribution in [2.24, 2.45) is 5.73 Å². The topological polar surface area (TPSA) is 97.5 Å². The maximum atomic E-state index is 12.2. The largest absolute Gasteiger partial charge is 0.374 e. The minimum Gasteiger partial charge on any atom is -0.374 e. The lowest BCUT2D eigenvalue weighted by atomic mass is 10.2. The summed E-state index contributed by atoms with van der Waals surface area (Å²) in [7, 11) is 0. The van der Waals surface area contributed by atoms with E-state index in [1.54, 1.807) is 11.8 Å². The van der Waals surface area contributed by atoms with Gasteiger partial charge in [0.25, 0.3) is 0 Å². The summed E-state index contributed by atoms with van der Waals surface area (Å²) in [5.74, 6) is 0.418. The monoisotopic (exact) mass is 552 g/mol. The van der Waals surface area contributed by atoms with Crippen molar-refractivity contribution in [3.05, 3.63) is 44.9 Å². The van der Waals surface area contributed by atoms with Crippen LogP contribution >= 0.6 is 58.7 Å². The Labute approximate surface area is 218 Å². The van der Waals surface area contributed by atoms with Crippen molar-refractivity contribution >= 4 is 70.5 Å². The normalized spacial score (nSPS) is 16.2. The van der Waals surface area contributed by atoms with Crippen molar-refractivity contribution in [1.29, 1.82) is 0 Å². The number of hydrogen-bond acceptors (Lipinski definition) is 7. The predicted molar refractivity (Wildman–Crippen MR) is 137 cm³/mol. The number of primary amides is 1. The zero-order valence-electron chi connectivity index (χ0n) is 17.9. The second-order valence-electron chi connectivity index (χ2n) is 7.48. The summed E-state index contributed by atoms with van der Waals surface area (Å²) in [5.41, 5.74) is 6.98. The molecule has 33 heavy (non-hydrogen) atoms. The fourth-order valence-electron chi connectivity index (χ4n) is 3.27. The highest BCUT2D eigenvalue weighted by atomic mass is 35.5. The minimum atomic E-state index is -0.386. The molecule has 182 valence electrons. The molecule has 2 amide bonds. The Balaban J connectivity index is 0.00000385. The van der Waals surface area contributed by atoms with E-state index in [4.69, 9.17) is 33.7 Å². The van der Waals surface area contributed by atoms with E-state index < -0.39 is 0 Å². The summed E-state index contributed by atoms with van der Waals surface area (Å²) in [6.45, 7) is 3.46. The molecule has 2 aromatic rings. The zero-order valence-corrected chi connectivity index (χ0v) is 21.9. The molecule has 0 bridgehead atoms. The van der Waals surface area contributed by atoms with Crippen molar-refractivity contribution in [2.45, 2.75) is 36.3 Å². The first-order chi connectivity index (χ1) is 15.4. The van der Waals surface area contributed by atoms with Crippen LogP contribution < -0.4 is 11.1 Å². The number of thioether (sulfide) groups is 1. The number of rotatable bonds is 11. The Hall–Kier alpha value is -1.07. The zero-order chi connectivity index (χ0) is 22.9. The van der Waals surface area contributed by atoms with Crippen molar-refractivity contribution in [1.82, 2.24) is 15.2 Å². The highest BCUT2D eigenvalue weighted by Crippen LogP contribution is 2.24. The van der Waals surface area contributed by atoms with Crippen molar-refractivity contribution in [3.63, 3.8) is 0 Å². The summed E-state index contributed by atoms with van der Waals surface area (Å²) < 4.78 is 6.69. The lowest BCUT2D eigenvalue weighted by Crippen LogP contribution is -2.47. The molecule has 1 aliphatic rings. The molecule has 0 aliphatic carbocycles. The number of amides is 2. The van der Waals surface area contributed by atoms with Crippen LogP contribution in [-0.2, 0) is 27.3 Å². The highest BCUT2D eigenvalue weighted by molar-refractivity contribution is 8.01. The molecule has 12 heteroatoms. The van der Waals surface area contributed by atoms with Crippen LogP contribution in [0, 0.1) is 0 Å². The van der Waals surface area contributed by atoms with E-state index in [0.717, 1.165) is 41.7 Å². The summed E-state index contributed by atoms with van der Waals surface area (Å²) in [6.07, 6.45) is 1.32. The predicted octanol–water partition coefficient (Wildman–Crippen LogP) is 3.79. The van der Waals surface area contributed by atoms with Gasteiger partial charge in [-0.1, -0.05) is 41.0 Å². The van der Waals surface area contributed by atoms with Crippen LogP contribution in [0.25, 0.3) is 0 Å². The van der Waals surface area contributed by atoms with Crippen molar-refractivity contribution in [3.8, 4) is 0 Å². The lowest BCUT2D eigenvalue weighted by molar-refractivity contribution is -0.122. The van der Waals surface area contributed by atoms with Crippen molar-refractivity contribution in [2.75, 3.05) is 32.0 Å². The molecule has 7 nitrogen and oxygen atoms in total. The summed E-state index contributed by atoms with van der Waals surface area (Å²) in [5, 5.41) is 5.92. The van der Waals surface area contributed by atoms with Crippen LogP contribution in [0.1, 0.15) is 24.1 Å². The van der Waals surface area contributed by atoms with Gasteiger partial charge in [-0.3, -0.25) is 14.5 Å². The number of nitrogens with zero attached hydrogens (tertiary/aromatic N) is 2. The molecular formula is C21H27Cl3N4O3S2. The second kappa shape index (κ2) is 14.4. The van der Waals surface area contributed by atoms with Gasteiger partial charge < -0.3 is 15.8 Å². The number of hydrogen-bond donors (Lipinski definition) is 2. The lowest BCUT2D eigenvalue weighted by Gasteiger charge is -2.33. The van der Waals surface area contributed by atoms with Gasteiger partial charge in [0.1, 0.15) is 4.34 Å². The van der Waals surface area contributed by atoms with Crippen LogP contribution in [-0.4, -0.2) is 59.8 Å². The molecule has 1 saturated heterocycles. The number of halogens is 3. The second-order valence-corrected chi connectivity index (χ2v) is 10.5. The van der Waals surface area contributed by atoms with Gasteiger partial charge in [0.15, 0.2) is 0 Å². The van der Waals surface area contributed by atoms with Crippen LogP contribution in [0.3, 0.4) is 0 Å². The van der Waals surface area contributed by atoms with Crippen LogP contribution in [0.4, 0.5) is 0 Å². The number of nitrogens with one attached hydrogen (secondary N) is 1. The number of carbonyl (C=O) groups is 2. The third kappa shape index (κ3) is 9.98. The van der Waals surface area contributed by atoms with Gasteiger partial charge in [-0.05, 0) is 24.1 Å². The van der Waals surface area contributed by atoms with E-state index in [1.165, 1.54) is 11.3 Å². The number of morpholine rings is 1. The first kappa shape index (κ1) is 28.2. The molecule has 2 heterocycles. The summed E-state index contributed by atoms with van der Waals surface area (Å²) >= 11 is 15.2. The van der Waals surface area contributed by atoms with Gasteiger partial charge in [-0.2, -0.15) is 0 Å². The number of nitrogens with two attached hydrogens (primary N) is 1. The molecule has 1 aromatic carbocycles. The van der Waals surface area contributed by atoms with E-state index >= 15 is 0 Å². The quantitative estimate of drug-likeness (QED) is 0.325. The number of carbonyl (C=O) groups excluding carboxylic acids is 2. The number of aromatic nitrogens is 1. The minimum absolute atomic E-state index is 0.